The normalized spacial score (nSPS) is 11.2. The lowest BCUT2D eigenvalue weighted by molar-refractivity contribution is -0.385. The van der Waals surface area contributed by atoms with E-state index in [2.05, 4.69) is 0 Å². The van der Waals surface area contributed by atoms with Crippen LogP contribution in [0.4, 0.5) is 5.69 Å². The minimum Gasteiger partial charge on any atom is -0.478 e. The highest BCUT2D eigenvalue weighted by Gasteiger charge is 2.19. The number of aromatic carboxylic acids is 1. The van der Waals surface area contributed by atoms with Crippen molar-refractivity contribution in [3.05, 3.63) is 75.3 Å². The van der Waals surface area contributed by atoms with Crippen LogP contribution in [0, 0.1) is 10.1 Å². The Kier molecular flexibility index (Phi) is 4.35. The number of benzene rings is 2. The quantitative estimate of drug-likeness (QED) is 0.525. The fraction of sp³-hybridized carbons (Fsp3) is 0. The Labute approximate surface area is 125 Å². The van der Waals surface area contributed by atoms with Gasteiger partial charge in [-0.2, -0.15) is 0 Å². The fourth-order valence-electron chi connectivity index (χ4n) is 1.79. The molecule has 0 heterocycles. The fourth-order valence-corrected chi connectivity index (χ4v) is 2.08. The molecule has 0 saturated heterocycles. The number of nitro benzene ring substituents is 1. The number of halogens is 1. The summed E-state index contributed by atoms with van der Waals surface area (Å²) in [5.74, 6) is -1.23. The van der Waals surface area contributed by atoms with Crippen LogP contribution < -0.4 is 0 Å². The van der Waals surface area contributed by atoms with Crippen molar-refractivity contribution in [3.8, 4) is 0 Å². The maximum atomic E-state index is 11.1. The molecule has 5 nitrogen and oxygen atoms in total. The maximum Gasteiger partial charge on any atom is 0.335 e. The van der Waals surface area contributed by atoms with Crippen molar-refractivity contribution in [2.75, 3.05) is 0 Å². The van der Waals surface area contributed by atoms with Crippen LogP contribution in [0.3, 0.4) is 0 Å². The van der Waals surface area contributed by atoms with E-state index in [4.69, 9.17) is 16.7 Å². The number of nitro groups is 1. The third-order valence-corrected chi connectivity index (χ3v) is 3.10. The van der Waals surface area contributed by atoms with Gasteiger partial charge in [-0.05, 0) is 23.8 Å². The van der Waals surface area contributed by atoms with Crippen molar-refractivity contribution in [2.24, 2.45) is 0 Å². The molecule has 21 heavy (non-hydrogen) atoms. The van der Waals surface area contributed by atoms with Crippen molar-refractivity contribution in [1.29, 1.82) is 0 Å². The molecule has 0 aliphatic rings. The molecule has 0 aliphatic heterocycles. The van der Waals surface area contributed by atoms with Gasteiger partial charge in [0.15, 0.2) is 0 Å². The van der Waals surface area contributed by atoms with Crippen LogP contribution in [0.2, 0.25) is 0 Å². The van der Waals surface area contributed by atoms with Gasteiger partial charge in [-0.25, -0.2) is 4.79 Å². The highest BCUT2D eigenvalue weighted by Crippen LogP contribution is 2.31. The zero-order valence-electron chi connectivity index (χ0n) is 10.7. The van der Waals surface area contributed by atoms with E-state index in [0.29, 0.717) is 0 Å². The molecular weight excluding hydrogens is 294 g/mol. The summed E-state index contributed by atoms with van der Waals surface area (Å²) in [6.45, 7) is 0. The molecule has 106 valence electrons. The average Bonchev–Trinajstić information content (AvgIpc) is 2.47. The first kappa shape index (κ1) is 14.7. The van der Waals surface area contributed by atoms with E-state index in [1.165, 1.54) is 12.1 Å². The van der Waals surface area contributed by atoms with E-state index in [0.717, 1.165) is 11.6 Å². The third kappa shape index (κ3) is 3.46. The first-order valence-electron chi connectivity index (χ1n) is 5.93. The van der Waals surface area contributed by atoms with Gasteiger partial charge < -0.3 is 5.11 Å². The van der Waals surface area contributed by atoms with Gasteiger partial charge in [0.25, 0.3) is 5.69 Å². The Bertz CT molecular complexity index is 726. The second kappa shape index (κ2) is 6.19. The number of carbonyl (C=O) groups is 1. The van der Waals surface area contributed by atoms with Crippen molar-refractivity contribution in [2.45, 2.75) is 0 Å². The molecule has 0 aromatic heterocycles. The van der Waals surface area contributed by atoms with E-state index >= 15 is 0 Å². The van der Waals surface area contributed by atoms with Crippen LogP contribution in [0.15, 0.2) is 48.5 Å². The minimum atomic E-state index is -1.23. The summed E-state index contributed by atoms with van der Waals surface area (Å²) in [6.07, 6.45) is 1.59. The third-order valence-electron chi connectivity index (χ3n) is 2.79. The van der Waals surface area contributed by atoms with Gasteiger partial charge in [0.2, 0.25) is 0 Å². The smallest absolute Gasteiger partial charge is 0.335 e. The second-order valence-corrected chi connectivity index (χ2v) is 4.60. The lowest BCUT2D eigenvalue weighted by Gasteiger charge is -2.03. The van der Waals surface area contributed by atoms with Crippen molar-refractivity contribution in [1.82, 2.24) is 0 Å². The second-order valence-electron chi connectivity index (χ2n) is 4.20. The number of hydrogen-bond donors (Lipinski definition) is 1. The largest absolute Gasteiger partial charge is 0.478 e. The highest BCUT2D eigenvalue weighted by atomic mass is 35.5. The average molecular weight is 304 g/mol. The molecule has 1 N–H and O–H groups in total. The van der Waals surface area contributed by atoms with Gasteiger partial charge in [-0.3, -0.25) is 10.1 Å². The molecule has 0 fully saturated rings. The van der Waals surface area contributed by atoms with Gasteiger partial charge in [0.05, 0.1) is 21.1 Å². The number of carboxylic acid groups (broad SMARTS) is 1. The summed E-state index contributed by atoms with van der Waals surface area (Å²) < 4.78 is 0. The Morgan fingerprint density at radius 2 is 1.86 bits per heavy atom. The molecule has 0 bridgehead atoms. The predicted molar refractivity (Wildman–Crippen MR) is 80.2 cm³/mol. The van der Waals surface area contributed by atoms with Crippen LogP contribution in [-0.2, 0) is 0 Å². The van der Waals surface area contributed by atoms with E-state index < -0.39 is 10.9 Å². The molecule has 0 aliphatic carbocycles. The standard InChI is InChI=1S/C15H10ClNO4/c16-13(8-10-4-2-1-3-5-10)12-7-6-11(15(18)19)9-14(12)17(20)21/h1-9H,(H,18,19). The monoisotopic (exact) mass is 303 g/mol. The van der Waals surface area contributed by atoms with Crippen LogP contribution in [-0.4, -0.2) is 16.0 Å². The summed E-state index contributed by atoms with van der Waals surface area (Å²) in [5.41, 5.74) is 0.469. The van der Waals surface area contributed by atoms with Crippen molar-refractivity contribution in [3.63, 3.8) is 0 Å². The molecule has 0 amide bonds. The van der Waals surface area contributed by atoms with E-state index in [1.54, 1.807) is 18.2 Å². The highest BCUT2D eigenvalue weighted by molar-refractivity contribution is 6.51. The molecule has 2 rings (SSSR count). The summed E-state index contributed by atoms with van der Waals surface area (Å²) in [7, 11) is 0. The molecule has 0 atom stereocenters. The first-order valence-corrected chi connectivity index (χ1v) is 6.31. The number of rotatable bonds is 4. The Balaban J connectivity index is 2.50. The predicted octanol–water partition coefficient (Wildman–Crippen LogP) is 4.03. The molecule has 2 aromatic rings. The van der Waals surface area contributed by atoms with Crippen LogP contribution in [0.25, 0.3) is 11.1 Å². The van der Waals surface area contributed by atoms with Crippen LogP contribution in [0.1, 0.15) is 21.5 Å². The lowest BCUT2D eigenvalue weighted by Crippen LogP contribution is -2.00. The van der Waals surface area contributed by atoms with Crippen LogP contribution in [0.5, 0.6) is 0 Å². The molecule has 0 unspecified atom stereocenters. The molecule has 0 spiro atoms. The van der Waals surface area contributed by atoms with Crippen LogP contribution >= 0.6 is 11.6 Å². The number of carboxylic acids is 1. The van der Waals surface area contributed by atoms with E-state index in [9.17, 15) is 14.9 Å². The summed E-state index contributed by atoms with van der Waals surface area (Å²) >= 11 is 6.13. The van der Waals surface area contributed by atoms with Gasteiger partial charge in [0, 0.05) is 6.07 Å². The molecule has 2 aromatic carbocycles. The minimum absolute atomic E-state index is 0.158. The summed E-state index contributed by atoms with van der Waals surface area (Å²) in [4.78, 5) is 21.3. The molecule has 0 radical (unpaired) electrons. The van der Waals surface area contributed by atoms with E-state index in [-0.39, 0.29) is 21.8 Å². The number of hydrogen-bond acceptors (Lipinski definition) is 3. The molecule has 6 heteroatoms. The Hall–Kier alpha value is -2.66. The summed E-state index contributed by atoms with van der Waals surface area (Å²) in [5, 5.41) is 20.1. The summed E-state index contributed by atoms with van der Waals surface area (Å²) in [6, 6.07) is 12.7. The number of nitrogens with zero attached hydrogens (tertiary/aromatic N) is 1. The SMILES string of the molecule is O=C(O)c1ccc(C(Cl)=Cc2ccccc2)c([N+](=O)[O-])c1. The zero-order valence-corrected chi connectivity index (χ0v) is 11.4. The zero-order chi connectivity index (χ0) is 15.4. The van der Waals surface area contributed by atoms with Gasteiger partial charge in [-0.1, -0.05) is 41.9 Å². The topological polar surface area (TPSA) is 80.4 Å². The molecule has 0 saturated carbocycles. The Morgan fingerprint density at radius 3 is 2.43 bits per heavy atom. The van der Waals surface area contributed by atoms with Gasteiger partial charge >= 0.3 is 5.97 Å². The maximum absolute atomic E-state index is 11.1. The van der Waals surface area contributed by atoms with Gasteiger partial charge in [-0.15, -0.1) is 0 Å². The van der Waals surface area contributed by atoms with Crippen molar-refractivity contribution >= 4 is 34.4 Å². The van der Waals surface area contributed by atoms with E-state index in [1.807, 2.05) is 18.2 Å². The lowest BCUT2D eigenvalue weighted by atomic mass is 10.1. The van der Waals surface area contributed by atoms with Crippen molar-refractivity contribution < 1.29 is 14.8 Å². The first-order chi connectivity index (χ1) is 9.99. The van der Waals surface area contributed by atoms with Gasteiger partial charge in [0.1, 0.15) is 0 Å². The Morgan fingerprint density at radius 1 is 1.19 bits per heavy atom. The molecular formula is C15H10ClNO4.